The minimum absolute atomic E-state index is 0.236. The molecule has 17 heavy (non-hydrogen) atoms. The summed E-state index contributed by atoms with van der Waals surface area (Å²) >= 11 is 7.11. The van der Waals surface area contributed by atoms with Crippen LogP contribution in [-0.4, -0.2) is 4.98 Å². The fourth-order valence-corrected chi connectivity index (χ4v) is 2.73. The third-order valence-electron chi connectivity index (χ3n) is 2.38. The van der Waals surface area contributed by atoms with E-state index < -0.39 is 0 Å². The van der Waals surface area contributed by atoms with Gasteiger partial charge in [0.1, 0.15) is 12.1 Å². The highest BCUT2D eigenvalue weighted by molar-refractivity contribution is 7.22. The Bertz CT molecular complexity index is 676. The van der Waals surface area contributed by atoms with Gasteiger partial charge in [0.2, 0.25) is 5.89 Å². The third-order valence-corrected chi connectivity index (χ3v) is 3.74. The van der Waals surface area contributed by atoms with E-state index in [0.29, 0.717) is 17.5 Å². The maximum Gasteiger partial charge on any atom is 0.236 e. The molecule has 0 amide bonds. The number of hydrogen-bond donors (Lipinski definition) is 0. The van der Waals surface area contributed by atoms with E-state index in [1.54, 1.807) is 6.07 Å². The van der Waals surface area contributed by atoms with E-state index in [9.17, 15) is 4.39 Å². The van der Waals surface area contributed by atoms with Crippen LogP contribution in [0.4, 0.5) is 4.39 Å². The zero-order chi connectivity index (χ0) is 11.8. The fourth-order valence-electron chi connectivity index (χ4n) is 1.59. The molecule has 3 rings (SSSR count). The van der Waals surface area contributed by atoms with Crippen molar-refractivity contribution in [3.63, 3.8) is 0 Å². The predicted molar refractivity (Wildman–Crippen MR) is 66.8 cm³/mol. The molecule has 2 aromatic heterocycles. The first-order valence-electron chi connectivity index (χ1n) is 4.96. The number of oxazole rings is 1. The molecule has 5 heteroatoms. The molecule has 0 fully saturated rings. The number of thiophene rings is 1. The number of alkyl halides is 1. The van der Waals surface area contributed by atoms with Crippen molar-refractivity contribution in [1.82, 2.24) is 4.98 Å². The van der Waals surface area contributed by atoms with Crippen LogP contribution in [0.1, 0.15) is 5.69 Å². The normalized spacial score (nSPS) is 11.2. The highest BCUT2D eigenvalue weighted by Gasteiger charge is 2.10. The highest BCUT2D eigenvalue weighted by atomic mass is 35.5. The van der Waals surface area contributed by atoms with Gasteiger partial charge in [-0.25, -0.2) is 9.37 Å². The maximum absolute atomic E-state index is 13.1. The number of nitrogens with zero attached hydrogens (tertiary/aromatic N) is 1. The van der Waals surface area contributed by atoms with Gasteiger partial charge in [0, 0.05) is 4.70 Å². The summed E-state index contributed by atoms with van der Waals surface area (Å²) in [4.78, 5) is 5.11. The minimum Gasteiger partial charge on any atom is -0.444 e. The fraction of sp³-hybridized carbons (Fsp3) is 0.0833. The van der Waals surface area contributed by atoms with E-state index >= 15 is 0 Å². The molecule has 0 saturated carbocycles. The molecule has 3 aromatic rings. The van der Waals surface area contributed by atoms with Crippen molar-refractivity contribution in [3.05, 3.63) is 42.0 Å². The summed E-state index contributed by atoms with van der Waals surface area (Å²) < 4.78 is 19.3. The molecule has 0 saturated heterocycles. The minimum atomic E-state index is -0.236. The van der Waals surface area contributed by atoms with E-state index in [1.807, 2.05) is 6.07 Å². The molecule has 0 spiro atoms. The van der Waals surface area contributed by atoms with Gasteiger partial charge in [0.15, 0.2) is 0 Å². The van der Waals surface area contributed by atoms with Crippen molar-refractivity contribution in [1.29, 1.82) is 0 Å². The second-order valence-corrected chi connectivity index (χ2v) is 4.92. The van der Waals surface area contributed by atoms with Gasteiger partial charge in [-0.3, -0.25) is 0 Å². The molecule has 0 N–H and O–H groups in total. The summed E-state index contributed by atoms with van der Waals surface area (Å²) in [6.07, 6.45) is 1.54. The Morgan fingerprint density at radius 1 is 1.35 bits per heavy atom. The van der Waals surface area contributed by atoms with Gasteiger partial charge in [0.25, 0.3) is 0 Å². The first-order valence-corrected chi connectivity index (χ1v) is 6.31. The van der Waals surface area contributed by atoms with E-state index in [1.165, 1.54) is 29.7 Å². The third kappa shape index (κ3) is 1.94. The molecule has 0 atom stereocenters. The van der Waals surface area contributed by atoms with Gasteiger partial charge < -0.3 is 4.42 Å². The number of halogens is 2. The molecule has 2 nitrogen and oxygen atoms in total. The van der Waals surface area contributed by atoms with Crippen LogP contribution in [0.15, 0.2) is 34.9 Å². The number of rotatable bonds is 2. The lowest BCUT2D eigenvalue weighted by Gasteiger charge is -1.86. The Morgan fingerprint density at radius 3 is 3.00 bits per heavy atom. The zero-order valence-corrected chi connectivity index (χ0v) is 10.2. The summed E-state index contributed by atoms with van der Waals surface area (Å²) in [5.41, 5.74) is 0.699. The number of aromatic nitrogens is 1. The van der Waals surface area contributed by atoms with Crippen LogP contribution in [0, 0.1) is 5.82 Å². The largest absolute Gasteiger partial charge is 0.444 e. The lowest BCUT2D eigenvalue weighted by molar-refractivity contribution is 0.575. The van der Waals surface area contributed by atoms with E-state index in [0.717, 1.165) is 15.0 Å². The standard InChI is InChI=1S/C12H7ClFNOS/c13-5-9-6-16-12(15-9)11-3-7-1-2-8(14)4-10(7)17-11/h1-4,6H,5H2. The molecule has 1 aromatic carbocycles. The summed E-state index contributed by atoms with van der Waals surface area (Å²) in [5.74, 6) is 0.616. The summed E-state index contributed by atoms with van der Waals surface area (Å²) in [6, 6.07) is 6.63. The number of fused-ring (bicyclic) bond motifs is 1. The summed E-state index contributed by atoms with van der Waals surface area (Å²) in [7, 11) is 0. The molecule has 0 aliphatic heterocycles. The molecule has 0 radical (unpaired) electrons. The second-order valence-electron chi connectivity index (χ2n) is 3.57. The molecular weight excluding hydrogens is 261 g/mol. The SMILES string of the molecule is Fc1ccc2cc(-c3nc(CCl)co3)sc2c1. The summed E-state index contributed by atoms with van der Waals surface area (Å²) in [6.45, 7) is 0. The maximum atomic E-state index is 13.1. The molecule has 0 aliphatic rings. The molecule has 0 aliphatic carbocycles. The van der Waals surface area contributed by atoms with Gasteiger partial charge in [-0.15, -0.1) is 22.9 Å². The van der Waals surface area contributed by atoms with Crippen LogP contribution in [0.5, 0.6) is 0 Å². The molecule has 0 bridgehead atoms. The van der Waals surface area contributed by atoms with Crippen LogP contribution >= 0.6 is 22.9 Å². The topological polar surface area (TPSA) is 26.0 Å². The summed E-state index contributed by atoms with van der Waals surface area (Å²) in [5, 5.41) is 0.983. The molecule has 0 unspecified atom stereocenters. The van der Waals surface area contributed by atoms with Crippen molar-refractivity contribution in [2.24, 2.45) is 0 Å². The molecule has 2 heterocycles. The molecule has 86 valence electrons. The number of hydrogen-bond acceptors (Lipinski definition) is 3. The van der Waals surface area contributed by atoms with Crippen LogP contribution in [0.2, 0.25) is 0 Å². The van der Waals surface area contributed by atoms with Crippen LogP contribution in [-0.2, 0) is 5.88 Å². The molecular formula is C12H7ClFNOS. The Labute approximate surface area is 106 Å². The van der Waals surface area contributed by atoms with E-state index in [4.69, 9.17) is 16.0 Å². The Hall–Kier alpha value is -1.39. The average Bonchev–Trinajstić information content (AvgIpc) is 2.93. The Morgan fingerprint density at radius 2 is 2.24 bits per heavy atom. The van der Waals surface area contributed by atoms with Crippen molar-refractivity contribution in [2.45, 2.75) is 5.88 Å². The van der Waals surface area contributed by atoms with Crippen molar-refractivity contribution >= 4 is 33.0 Å². The number of benzene rings is 1. The van der Waals surface area contributed by atoms with Crippen molar-refractivity contribution < 1.29 is 8.81 Å². The van der Waals surface area contributed by atoms with Crippen molar-refractivity contribution in [3.8, 4) is 10.8 Å². The van der Waals surface area contributed by atoms with Gasteiger partial charge in [0.05, 0.1) is 16.5 Å². The van der Waals surface area contributed by atoms with Gasteiger partial charge in [-0.05, 0) is 23.6 Å². The quantitative estimate of drug-likeness (QED) is 0.642. The first kappa shape index (κ1) is 10.7. The second kappa shape index (κ2) is 4.13. The van der Waals surface area contributed by atoms with E-state index in [2.05, 4.69) is 4.98 Å². The van der Waals surface area contributed by atoms with Gasteiger partial charge in [-0.1, -0.05) is 6.07 Å². The van der Waals surface area contributed by atoms with Gasteiger partial charge in [-0.2, -0.15) is 0 Å². The smallest absolute Gasteiger partial charge is 0.236 e. The highest BCUT2D eigenvalue weighted by Crippen LogP contribution is 2.33. The first-order chi connectivity index (χ1) is 8.26. The van der Waals surface area contributed by atoms with Crippen LogP contribution < -0.4 is 0 Å². The predicted octanol–water partition coefficient (Wildman–Crippen LogP) is 4.43. The van der Waals surface area contributed by atoms with Crippen LogP contribution in [0.25, 0.3) is 20.9 Å². The average molecular weight is 268 g/mol. The lowest BCUT2D eigenvalue weighted by atomic mass is 10.2. The monoisotopic (exact) mass is 267 g/mol. The van der Waals surface area contributed by atoms with E-state index in [-0.39, 0.29) is 5.82 Å². The van der Waals surface area contributed by atoms with Gasteiger partial charge >= 0.3 is 0 Å². The Balaban J connectivity index is 2.11. The van der Waals surface area contributed by atoms with Crippen LogP contribution in [0.3, 0.4) is 0 Å². The zero-order valence-electron chi connectivity index (χ0n) is 8.61. The Kier molecular flexibility index (Phi) is 2.61. The lowest BCUT2D eigenvalue weighted by Crippen LogP contribution is -1.75. The van der Waals surface area contributed by atoms with Crippen molar-refractivity contribution in [2.75, 3.05) is 0 Å².